The van der Waals surface area contributed by atoms with Gasteiger partial charge in [-0.1, -0.05) is 12.1 Å². The van der Waals surface area contributed by atoms with Gasteiger partial charge in [-0.25, -0.2) is 4.79 Å². The summed E-state index contributed by atoms with van der Waals surface area (Å²) in [4.78, 5) is 39.8. The van der Waals surface area contributed by atoms with Crippen LogP contribution in [0.15, 0.2) is 46.0 Å². The maximum Gasteiger partial charge on any atom is 0.329 e. The van der Waals surface area contributed by atoms with Gasteiger partial charge in [0.25, 0.3) is 5.56 Å². The number of ether oxygens (including phenoxy) is 3. The second kappa shape index (κ2) is 7.87. The van der Waals surface area contributed by atoms with Crippen LogP contribution in [-0.4, -0.2) is 36.8 Å². The number of anilines is 1. The average Bonchev–Trinajstić information content (AvgIpc) is 2.70. The van der Waals surface area contributed by atoms with Crippen molar-refractivity contribution in [2.75, 3.05) is 26.6 Å². The summed E-state index contributed by atoms with van der Waals surface area (Å²) in [6, 6.07) is 9.69. The van der Waals surface area contributed by atoms with Crippen LogP contribution in [0.25, 0.3) is 10.9 Å². The Morgan fingerprint density at radius 2 is 1.68 bits per heavy atom. The fourth-order valence-electron chi connectivity index (χ4n) is 2.84. The number of benzene rings is 2. The van der Waals surface area contributed by atoms with Crippen LogP contribution >= 0.6 is 0 Å². The van der Waals surface area contributed by atoms with Crippen molar-refractivity contribution >= 4 is 22.5 Å². The third kappa shape index (κ3) is 3.54. The lowest BCUT2D eigenvalue weighted by atomic mass is 10.2. The number of rotatable bonds is 6. The van der Waals surface area contributed by atoms with Crippen molar-refractivity contribution in [2.45, 2.75) is 6.54 Å². The van der Waals surface area contributed by atoms with Crippen molar-refractivity contribution in [1.29, 1.82) is 0 Å². The molecule has 1 heterocycles. The molecule has 0 atom stereocenters. The Balaban J connectivity index is 1.90. The fraction of sp³-hybridized carbons (Fsp3) is 0.211. The SMILES string of the molecule is COc1cc(NC(=O)Cn2c(=O)[nH]c3ccccc3c2=O)cc(OC)c1OC. The number of carbonyl (C=O) groups is 1. The van der Waals surface area contributed by atoms with Gasteiger partial charge in [0.2, 0.25) is 11.7 Å². The predicted octanol–water partition coefficient (Wildman–Crippen LogP) is 1.35. The Morgan fingerprint density at radius 1 is 1.04 bits per heavy atom. The highest BCUT2D eigenvalue weighted by molar-refractivity contribution is 5.91. The minimum absolute atomic E-state index is 0.322. The number of amides is 1. The van der Waals surface area contributed by atoms with Crippen LogP contribution in [0.2, 0.25) is 0 Å². The summed E-state index contributed by atoms with van der Waals surface area (Å²) in [7, 11) is 4.38. The zero-order chi connectivity index (χ0) is 20.3. The maximum absolute atomic E-state index is 12.5. The Hall–Kier alpha value is -3.75. The topological polar surface area (TPSA) is 112 Å². The van der Waals surface area contributed by atoms with Crippen molar-refractivity contribution in [3.05, 3.63) is 57.2 Å². The monoisotopic (exact) mass is 385 g/mol. The van der Waals surface area contributed by atoms with Crippen molar-refractivity contribution < 1.29 is 19.0 Å². The molecule has 28 heavy (non-hydrogen) atoms. The Labute approximate surface area is 159 Å². The molecule has 0 unspecified atom stereocenters. The lowest BCUT2D eigenvalue weighted by molar-refractivity contribution is -0.116. The quantitative estimate of drug-likeness (QED) is 0.663. The van der Waals surface area contributed by atoms with Crippen LogP contribution in [-0.2, 0) is 11.3 Å². The van der Waals surface area contributed by atoms with E-state index in [1.807, 2.05) is 0 Å². The number of nitrogens with zero attached hydrogens (tertiary/aromatic N) is 1. The van der Waals surface area contributed by atoms with Gasteiger partial charge >= 0.3 is 5.69 Å². The first-order valence-corrected chi connectivity index (χ1v) is 8.30. The number of fused-ring (bicyclic) bond motifs is 1. The number of methoxy groups -OCH3 is 3. The zero-order valence-electron chi connectivity index (χ0n) is 15.6. The van der Waals surface area contributed by atoms with Crippen molar-refractivity contribution in [3.8, 4) is 17.2 Å². The molecule has 0 aliphatic rings. The summed E-state index contributed by atoms with van der Waals surface area (Å²) in [6.07, 6.45) is 0. The summed E-state index contributed by atoms with van der Waals surface area (Å²) in [6.45, 7) is -0.449. The third-order valence-electron chi connectivity index (χ3n) is 4.14. The van der Waals surface area contributed by atoms with Crippen molar-refractivity contribution in [3.63, 3.8) is 0 Å². The summed E-state index contributed by atoms with van der Waals surface area (Å²) in [5.74, 6) is 0.540. The van der Waals surface area contributed by atoms with Crippen LogP contribution in [0.5, 0.6) is 17.2 Å². The molecular formula is C19H19N3O6. The van der Waals surface area contributed by atoms with Gasteiger partial charge in [-0.2, -0.15) is 0 Å². The van der Waals surface area contributed by atoms with Gasteiger partial charge in [0.1, 0.15) is 6.54 Å². The van der Waals surface area contributed by atoms with Crippen molar-refractivity contribution in [1.82, 2.24) is 9.55 Å². The van der Waals surface area contributed by atoms with E-state index < -0.39 is 23.7 Å². The molecule has 146 valence electrons. The molecule has 0 saturated carbocycles. The number of nitrogens with one attached hydrogen (secondary N) is 2. The summed E-state index contributed by atoms with van der Waals surface area (Å²) in [5.41, 5.74) is -0.424. The molecule has 0 saturated heterocycles. The van der Waals surface area contributed by atoms with E-state index in [1.54, 1.807) is 36.4 Å². The number of H-pyrrole nitrogens is 1. The smallest absolute Gasteiger partial charge is 0.329 e. The summed E-state index contributed by atoms with van der Waals surface area (Å²) >= 11 is 0. The molecule has 3 rings (SSSR count). The Bertz CT molecular complexity index is 1120. The molecular weight excluding hydrogens is 366 g/mol. The number of aromatic nitrogens is 2. The lowest BCUT2D eigenvalue weighted by Gasteiger charge is -2.14. The molecule has 1 amide bonds. The standard InChI is InChI=1S/C19H19N3O6/c1-26-14-8-11(9-15(27-2)17(14)28-3)20-16(23)10-22-18(24)12-6-4-5-7-13(12)21-19(22)25/h4-9H,10H2,1-3H3,(H,20,23)(H,21,25). The lowest BCUT2D eigenvalue weighted by Crippen LogP contribution is -2.38. The first kappa shape index (κ1) is 19.0. The van der Waals surface area contributed by atoms with Crippen molar-refractivity contribution in [2.24, 2.45) is 0 Å². The average molecular weight is 385 g/mol. The molecule has 1 aromatic heterocycles. The van der Waals surface area contributed by atoms with Gasteiger partial charge in [0.05, 0.1) is 32.2 Å². The van der Waals surface area contributed by atoms with E-state index in [1.165, 1.54) is 21.3 Å². The Morgan fingerprint density at radius 3 is 2.29 bits per heavy atom. The number of hydrogen-bond donors (Lipinski definition) is 2. The van der Waals surface area contributed by atoms with Gasteiger partial charge in [-0.05, 0) is 12.1 Å². The van der Waals surface area contributed by atoms with Gasteiger partial charge < -0.3 is 24.5 Å². The molecule has 2 N–H and O–H groups in total. The predicted molar refractivity (Wildman–Crippen MR) is 104 cm³/mol. The number of hydrogen-bond acceptors (Lipinski definition) is 6. The number of carbonyl (C=O) groups excluding carboxylic acids is 1. The van der Waals surface area contributed by atoms with E-state index in [9.17, 15) is 14.4 Å². The molecule has 0 radical (unpaired) electrons. The van der Waals surface area contributed by atoms with E-state index in [4.69, 9.17) is 14.2 Å². The van der Waals surface area contributed by atoms with E-state index in [-0.39, 0.29) is 0 Å². The molecule has 0 fully saturated rings. The van der Waals surface area contributed by atoms with E-state index >= 15 is 0 Å². The number of para-hydroxylation sites is 1. The molecule has 3 aromatic rings. The number of aromatic amines is 1. The molecule has 9 heteroatoms. The first-order chi connectivity index (χ1) is 13.5. The van der Waals surface area contributed by atoms with Crippen LogP contribution in [0, 0.1) is 0 Å². The highest BCUT2D eigenvalue weighted by Gasteiger charge is 2.16. The van der Waals surface area contributed by atoms with Gasteiger partial charge in [0.15, 0.2) is 11.5 Å². The Kier molecular flexibility index (Phi) is 5.35. The minimum Gasteiger partial charge on any atom is -0.493 e. The molecule has 2 aromatic carbocycles. The second-order valence-corrected chi connectivity index (χ2v) is 5.83. The molecule has 0 aliphatic carbocycles. The van der Waals surface area contributed by atoms with Crippen LogP contribution in [0.3, 0.4) is 0 Å². The highest BCUT2D eigenvalue weighted by Crippen LogP contribution is 2.39. The van der Waals surface area contributed by atoms with Gasteiger partial charge in [0, 0.05) is 17.8 Å². The first-order valence-electron chi connectivity index (χ1n) is 8.30. The normalized spacial score (nSPS) is 10.5. The highest BCUT2D eigenvalue weighted by atomic mass is 16.5. The van der Waals surface area contributed by atoms with Crippen LogP contribution in [0.1, 0.15) is 0 Å². The van der Waals surface area contributed by atoms with Gasteiger partial charge in [-0.3, -0.25) is 14.2 Å². The minimum atomic E-state index is -0.663. The molecule has 0 aliphatic heterocycles. The molecule has 9 nitrogen and oxygen atoms in total. The summed E-state index contributed by atoms with van der Waals surface area (Å²) < 4.78 is 16.6. The summed E-state index contributed by atoms with van der Waals surface area (Å²) in [5, 5.41) is 2.95. The van der Waals surface area contributed by atoms with E-state index in [0.29, 0.717) is 33.8 Å². The maximum atomic E-state index is 12.5. The zero-order valence-corrected chi connectivity index (χ0v) is 15.6. The third-order valence-corrected chi connectivity index (χ3v) is 4.14. The van der Waals surface area contributed by atoms with E-state index in [2.05, 4.69) is 10.3 Å². The van der Waals surface area contributed by atoms with Crippen LogP contribution < -0.4 is 30.8 Å². The molecule has 0 spiro atoms. The largest absolute Gasteiger partial charge is 0.493 e. The van der Waals surface area contributed by atoms with E-state index in [0.717, 1.165) is 4.57 Å². The second-order valence-electron chi connectivity index (χ2n) is 5.83. The molecule has 0 bridgehead atoms. The fourth-order valence-corrected chi connectivity index (χ4v) is 2.84. The van der Waals surface area contributed by atoms with Gasteiger partial charge in [-0.15, -0.1) is 0 Å². The van der Waals surface area contributed by atoms with Crippen LogP contribution in [0.4, 0.5) is 5.69 Å².